The second kappa shape index (κ2) is 6.98. The number of para-hydroxylation sites is 1. The fourth-order valence-electron chi connectivity index (χ4n) is 1.58. The Morgan fingerprint density at radius 2 is 2.24 bits per heavy atom. The van der Waals surface area contributed by atoms with Gasteiger partial charge in [-0.05, 0) is 28.4 Å². The second-order valence-corrected chi connectivity index (χ2v) is 4.97. The van der Waals surface area contributed by atoms with E-state index in [2.05, 4.69) is 31.2 Å². The molecular weight excluding hydrogens is 340 g/mol. The standard InChI is InChI=1S/C13H13BrN4O3/c1-2-6-16-11-7-15-8-12(17-11)21-13-9(14)4-3-5-10(13)18(19)20/h3-5,7-8H,2,6H2,1H3,(H,16,17). The number of anilines is 1. The molecule has 0 spiro atoms. The van der Waals surface area contributed by atoms with Gasteiger partial charge in [-0.1, -0.05) is 13.0 Å². The van der Waals surface area contributed by atoms with Crippen LogP contribution in [-0.2, 0) is 0 Å². The van der Waals surface area contributed by atoms with Crippen molar-refractivity contribution in [1.82, 2.24) is 9.97 Å². The molecule has 1 aromatic heterocycles. The molecule has 0 aliphatic rings. The van der Waals surface area contributed by atoms with E-state index in [4.69, 9.17) is 4.74 Å². The molecule has 110 valence electrons. The summed E-state index contributed by atoms with van der Waals surface area (Å²) in [5.41, 5.74) is -0.141. The molecule has 1 N–H and O–H groups in total. The first-order chi connectivity index (χ1) is 10.1. The van der Waals surface area contributed by atoms with Crippen molar-refractivity contribution in [3.63, 3.8) is 0 Å². The molecular formula is C13H13BrN4O3. The molecule has 8 heteroatoms. The van der Waals surface area contributed by atoms with E-state index in [1.807, 2.05) is 6.92 Å². The molecule has 0 saturated heterocycles. The molecule has 0 radical (unpaired) electrons. The quantitative estimate of drug-likeness (QED) is 0.628. The highest BCUT2D eigenvalue weighted by Gasteiger charge is 2.19. The minimum absolute atomic E-state index is 0.101. The van der Waals surface area contributed by atoms with E-state index in [1.54, 1.807) is 18.3 Å². The lowest BCUT2D eigenvalue weighted by atomic mass is 10.3. The Morgan fingerprint density at radius 3 is 2.95 bits per heavy atom. The first-order valence-corrected chi connectivity index (χ1v) is 7.07. The van der Waals surface area contributed by atoms with E-state index >= 15 is 0 Å². The number of nitro benzene ring substituents is 1. The smallest absolute Gasteiger partial charge is 0.312 e. The number of aromatic nitrogens is 2. The van der Waals surface area contributed by atoms with Crippen LogP contribution in [0.15, 0.2) is 35.1 Å². The van der Waals surface area contributed by atoms with Gasteiger partial charge in [-0.2, -0.15) is 4.98 Å². The van der Waals surface area contributed by atoms with Gasteiger partial charge in [0.2, 0.25) is 11.6 Å². The fourth-order valence-corrected chi connectivity index (χ4v) is 2.02. The number of nitro groups is 1. The minimum Gasteiger partial charge on any atom is -0.429 e. The van der Waals surface area contributed by atoms with E-state index in [9.17, 15) is 10.1 Å². The maximum Gasteiger partial charge on any atom is 0.312 e. The molecule has 0 bridgehead atoms. The summed E-state index contributed by atoms with van der Waals surface area (Å²) in [5.74, 6) is 0.847. The lowest BCUT2D eigenvalue weighted by Gasteiger charge is -2.08. The van der Waals surface area contributed by atoms with Crippen molar-refractivity contribution in [2.24, 2.45) is 0 Å². The summed E-state index contributed by atoms with van der Waals surface area (Å²) >= 11 is 3.24. The summed E-state index contributed by atoms with van der Waals surface area (Å²) in [6.45, 7) is 2.79. The molecule has 0 amide bonds. The lowest BCUT2D eigenvalue weighted by Crippen LogP contribution is -2.03. The van der Waals surface area contributed by atoms with Gasteiger partial charge >= 0.3 is 5.69 Å². The Bertz CT molecular complexity index is 651. The van der Waals surface area contributed by atoms with E-state index in [0.717, 1.165) is 13.0 Å². The Balaban J connectivity index is 2.28. The van der Waals surface area contributed by atoms with Gasteiger partial charge in [0.15, 0.2) is 0 Å². The van der Waals surface area contributed by atoms with E-state index < -0.39 is 4.92 Å². The summed E-state index contributed by atoms with van der Waals surface area (Å²) in [6.07, 6.45) is 3.92. The van der Waals surface area contributed by atoms with Crippen molar-refractivity contribution in [3.8, 4) is 11.6 Å². The molecule has 0 atom stereocenters. The zero-order valence-corrected chi connectivity index (χ0v) is 12.8. The normalized spacial score (nSPS) is 10.2. The number of halogens is 1. The second-order valence-electron chi connectivity index (χ2n) is 4.12. The van der Waals surface area contributed by atoms with Gasteiger partial charge in [-0.25, -0.2) is 0 Å². The molecule has 1 heterocycles. The summed E-state index contributed by atoms with van der Waals surface area (Å²) in [4.78, 5) is 18.7. The number of hydrogen-bond acceptors (Lipinski definition) is 6. The topological polar surface area (TPSA) is 90.2 Å². The van der Waals surface area contributed by atoms with Crippen molar-refractivity contribution in [2.75, 3.05) is 11.9 Å². The predicted molar refractivity (Wildman–Crippen MR) is 81.7 cm³/mol. The van der Waals surface area contributed by atoms with Gasteiger partial charge in [0.05, 0.1) is 21.8 Å². The monoisotopic (exact) mass is 352 g/mol. The predicted octanol–water partition coefficient (Wildman–Crippen LogP) is 3.76. The summed E-state index contributed by atoms with van der Waals surface area (Å²) in [6, 6.07) is 4.60. The van der Waals surface area contributed by atoms with Crippen LogP contribution in [0.4, 0.5) is 11.5 Å². The molecule has 0 aliphatic carbocycles. The third-order valence-electron chi connectivity index (χ3n) is 2.52. The van der Waals surface area contributed by atoms with Crippen LogP contribution in [0, 0.1) is 10.1 Å². The maximum atomic E-state index is 11.0. The first-order valence-electron chi connectivity index (χ1n) is 6.28. The average molecular weight is 353 g/mol. The Morgan fingerprint density at radius 1 is 1.43 bits per heavy atom. The highest BCUT2D eigenvalue weighted by atomic mass is 79.9. The number of ether oxygens (including phenoxy) is 1. The molecule has 0 aliphatic heterocycles. The van der Waals surface area contributed by atoms with Crippen molar-refractivity contribution in [1.29, 1.82) is 0 Å². The summed E-state index contributed by atoms with van der Waals surface area (Å²) in [7, 11) is 0. The number of hydrogen-bond donors (Lipinski definition) is 1. The van der Waals surface area contributed by atoms with Gasteiger partial charge in [0, 0.05) is 12.6 Å². The van der Waals surface area contributed by atoms with Crippen LogP contribution in [0.1, 0.15) is 13.3 Å². The number of nitrogens with zero attached hydrogens (tertiary/aromatic N) is 3. The fraction of sp³-hybridized carbons (Fsp3) is 0.231. The zero-order valence-electron chi connectivity index (χ0n) is 11.2. The highest BCUT2D eigenvalue weighted by Crippen LogP contribution is 2.37. The van der Waals surface area contributed by atoms with Crippen LogP contribution in [0.2, 0.25) is 0 Å². The van der Waals surface area contributed by atoms with Gasteiger partial charge in [0.25, 0.3) is 0 Å². The average Bonchev–Trinajstić information content (AvgIpc) is 2.47. The third-order valence-corrected chi connectivity index (χ3v) is 3.14. The Kier molecular flexibility index (Phi) is 5.04. The molecule has 0 fully saturated rings. The van der Waals surface area contributed by atoms with Crippen LogP contribution in [0.3, 0.4) is 0 Å². The number of benzene rings is 1. The van der Waals surface area contributed by atoms with Gasteiger partial charge in [-0.3, -0.25) is 15.1 Å². The van der Waals surface area contributed by atoms with Crippen LogP contribution in [-0.4, -0.2) is 21.4 Å². The van der Waals surface area contributed by atoms with Gasteiger partial charge in [-0.15, -0.1) is 0 Å². The Labute approximate surface area is 129 Å². The first kappa shape index (κ1) is 15.2. The number of rotatable bonds is 6. The molecule has 7 nitrogen and oxygen atoms in total. The van der Waals surface area contributed by atoms with Crippen LogP contribution < -0.4 is 10.1 Å². The van der Waals surface area contributed by atoms with Crippen molar-refractivity contribution in [3.05, 3.63) is 45.2 Å². The van der Waals surface area contributed by atoms with Crippen molar-refractivity contribution >= 4 is 27.4 Å². The van der Waals surface area contributed by atoms with Crippen molar-refractivity contribution in [2.45, 2.75) is 13.3 Å². The largest absolute Gasteiger partial charge is 0.429 e. The van der Waals surface area contributed by atoms with Crippen molar-refractivity contribution < 1.29 is 9.66 Å². The maximum absolute atomic E-state index is 11.0. The molecule has 0 saturated carbocycles. The summed E-state index contributed by atoms with van der Waals surface area (Å²) in [5, 5.41) is 14.1. The van der Waals surface area contributed by atoms with E-state index in [1.165, 1.54) is 12.3 Å². The Hall–Kier alpha value is -2.22. The molecule has 1 aromatic carbocycles. The van der Waals surface area contributed by atoms with Crippen LogP contribution in [0.5, 0.6) is 11.6 Å². The SMILES string of the molecule is CCCNc1cncc(Oc2c(Br)cccc2[N+](=O)[O-])n1. The van der Waals surface area contributed by atoms with Gasteiger partial charge in [0.1, 0.15) is 5.82 Å². The van der Waals surface area contributed by atoms with Crippen LogP contribution in [0.25, 0.3) is 0 Å². The molecule has 2 rings (SSSR count). The molecule has 21 heavy (non-hydrogen) atoms. The van der Waals surface area contributed by atoms with Crippen LogP contribution >= 0.6 is 15.9 Å². The molecule has 0 unspecified atom stereocenters. The number of nitrogens with one attached hydrogen (secondary N) is 1. The van der Waals surface area contributed by atoms with Gasteiger partial charge < -0.3 is 10.1 Å². The van der Waals surface area contributed by atoms with E-state index in [-0.39, 0.29) is 17.3 Å². The zero-order chi connectivity index (χ0) is 15.2. The van der Waals surface area contributed by atoms with E-state index in [0.29, 0.717) is 10.3 Å². The minimum atomic E-state index is -0.507. The molecule has 2 aromatic rings. The third kappa shape index (κ3) is 3.88. The summed E-state index contributed by atoms with van der Waals surface area (Å²) < 4.78 is 6.00. The highest BCUT2D eigenvalue weighted by molar-refractivity contribution is 9.10. The lowest BCUT2D eigenvalue weighted by molar-refractivity contribution is -0.385.